The Hall–Kier alpha value is -2.62. The highest BCUT2D eigenvalue weighted by Crippen LogP contribution is 2.34. The standard InChI is InChI=1S/C19H14N4O2S3/c1-10-7-27-19-21-12(5-15(24)23(10)19)6-22-9-20-17-16(18(22)25)13(8-26-17)14-4-3-11(2)28-14/h3-5,7-9H,6H2,1-2H3. The van der Waals surface area contributed by atoms with Crippen molar-refractivity contribution in [1.29, 1.82) is 0 Å². The van der Waals surface area contributed by atoms with Crippen molar-refractivity contribution in [3.05, 3.63) is 72.3 Å². The van der Waals surface area contributed by atoms with Gasteiger partial charge in [-0.25, -0.2) is 9.97 Å². The maximum atomic E-state index is 13.2. The number of fused-ring (bicyclic) bond motifs is 2. The number of nitrogens with zero attached hydrogens (tertiary/aromatic N) is 4. The van der Waals surface area contributed by atoms with Crippen LogP contribution in [0.4, 0.5) is 0 Å². The molecule has 28 heavy (non-hydrogen) atoms. The summed E-state index contributed by atoms with van der Waals surface area (Å²) in [7, 11) is 0. The summed E-state index contributed by atoms with van der Waals surface area (Å²) < 4.78 is 3.10. The van der Waals surface area contributed by atoms with Crippen LogP contribution in [0.2, 0.25) is 0 Å². The van der Waals surface area contributed by atoms with Gasteiger partial charge in [-0.1, -0.05) is 0 Å². The molecule has 0 aliphatic heterocycles. The van der Waals surface area contributed by atoms with Crippen LogP contribution < -0.4 is 11.1 Å². The second-order valence-corrected chi connectivity index (χ2v) is 9.48. The molecule has 0 atom stereocenters. The lowest BCUT2D eigenvalue weighted by atomic mass is 10.2. The van der Waals surface area contributed by atoms with E-state index < -0.39 is 0 Å². The zero-order valence-electron chi connectivity index (χ0n) is 15.0. The minimum absolute atomic E-state index is 0.114. The van der Waals surface area contributed by atoms with E-state index in [1.165, 1.54) is 44.5 Å². The first-order valence-electron chi connectivity index (χ1n) is 8.51. The van der Waals surface area contributed by atoms with Gasteiger partial charge >= 0.3 is 0 Å². The first kappa shape index (κ1) is 17.5. The molecule has 0 unspecified atom stereocenters. The highest BCUT2D eigenvalue weighted by molar-refractivity contribution is 7.19. The number of aryl methyl sites for hydroxylation is 2. The lowest BCUT2D eigenvalue weighted by Crippen LogP contribution is -2.23. The van der Waals surface area contributed by atoms with Crippen LogP contribution in [0.5, 0.6) is 0 Å². The molecule has 5 rings (SSSR count). The van der Waals surface area contributed by atoms with Crippen molar-refractivity contribution in [3.63, 3.8) is 0 Å². The summed E-state index contributed by atoms with van der Waals surface area (Å²) in [5.41, 5.74) is 2.09. The third-order valence-corrected chi connectivity index (χ3v) is 7.39. The molecule has 5 aromatic heterocycles. The van der Waals surface area contributed by atoms with Gasteiger partial charge in [0.25, 0.3) is 11.1 Å². The second kappa shape index (κ2) is 6.47. The van der Waals surface area contributed by atoms with Crippen molar-refractivity contribution in [1.82, 2.24) is 18.9 Å². The van der Waals surface area contributed by atoms with Gasteiger partial charge < -0.3 is 0 Å². The van der Waals surface area contributed by atoms with Crippen LogP contribution in [-0.4, -0.2) is 18.9 Å². The van der Waals surface area contributed by atoms with Crippen LogP contribution in [0.3, 0.4) is 0 Å². The highest BCUT2D eigenvalue weighted by atomic mass is 32.1. The molecule has 0 aliphatic rings. The van der Waals surface area contributed by atoms with E-state index in [1.54, 1.807) is 15.7 Å². The number of hydrogen-bond acceptors (Lipinski definition) is 7. The Kier molecular flexibility index (Phi) is 4.04. The first-order chi connectivity index (χ1) is 13.5. The third-order valence-electron chi connectivity index (χ3n) is 4.53. The number of aromatic nitrogens is 4. The fraction of sp³-hybridized carbons (Fsp3) is 0.158. The smallest absolute Gasteiger partial charge is 0.263 e. The summed E-state index contributed by atoms with van der Waals surface area (Å²) in [4.78, 5) is 38.2. The fourth-order valence-electron chi connectivity index (χ4n) is 3.20. The molecule has 0 fully saturated rings. The first-order valence-corrected chi connectivity index (χ1v) is 11.1. The predicted octanol–water partition coefficient (Wildman–Crippen LogP) is 3.92. The zero-order valence-corrected chi connectivity index (χ0v) is 17.5. The van der Waals surface area contributed by atoms with Gasteiger partial charge in [-0.3, -0.25) is 18.6 Å². The van der Waals surface area contributed by atoms with E-state index in [0.29, 0.717) is 16.0 Å². The Bertz CT molecular complexity index is 1470. The number of hydrogen-bond donors (Lipinski definition) is 0. The van der Waals surface area contributed by atoms with Gasteiger partial charge in [0, 0.05) is 37.8 Å². The molecular formula is C19H14N4O2S3. The summed E-state index contributed by atoms with van der Waals surface area (Å²) in [6.45, 7) is 4.13. The minimum Gasteiger partial charge on any atom is -0.293 e. The number of thiazole rings is 1. The van der Waals surface area contributed by atoms with Crippen molar-refractivity contribution in [2.75, 3.05) is 0 Å². The Morgan fingerprint density at radius 1 is 1.11 bits per heavy atom. The molecular weight excluding hydrogens is 412 g/mol. The lowest BCUT2D eigenvalue weighted by Gasteiger charge is -2.06. The van der Waals surface area contributed by atoms with Crippen LogP contribution in [0.25, 0.3) is 25.6 Å². The number of thiophene rings is 2. The quantitative estimate of drug-likeness (QED) is 0.438. The molecule has 0 aliphatic carbocycles. The number of rotatable bonds is 3. The van der Waals surface area contributed by atoms with Crippen molar-refractivity contribution in [3.8, 4) is 10.4 Å². The summed E-state index contributed by atoms with van der Waals surface area (Å²) >= 11 is 4.54. The maximum absolute atomic E-state index is 13.2. The molecule has 0 N–H and O–H groups in total. The van der Waals surface area contributed by atoms with E-state index in [0.717, 1.165) is 21.0 Å². The Morgan fingerprint density at radius 2 is 1.96 bits per heavy atom. The molecule has 0 spiro atoms. The van der Waals surface area contributed by atoms with Gasteiger partial charge in [-0.15, -0.1) is 34.0 Å². The topological polar surface area (TPSA) is 69.3 Å². The third kappa shape index (κ3) is 2.74. The summed E-state index contributed by atoms with van der Waals surface area (Å²) in [5.74, 6) is 0. The summed E-state index contributed by atoms with van der Waals surface area (Å²) in [6, 6.07) is 5.57. The summed E-state index contributed by atoms with van der Waals surface area (Å²) in [6.07, 6.45) is 1.54. The minimum atomic E-state index is -0.133. The van der Waals surface area contributed by atoms with Gasteiger partial charge in [0.1, 0.15) is 4.83 Å². The average molecular weight is 427 g/mol. The van der Waals surface area contributed by atoms with Gasteiger partial charge in [-0.05, 0) is 26.0 Å². The van der Waals surface area contributed by atoms with Gasteiger partial charge in [0.2, 0.25) is 0 Å². The molecule has 5 aromatic rings. The zero-order chi connectivity index (χ0) is 19.4. The summed E-state index contributed by atoms with van der Waals surface area (Å²) in [5, 5.41) is 4.51. The van der Waals surface area contributed by atoms with Crippen molar-refractivity contribution < 1.29 is 0 Å². The lowest BCUT2D eigenvalue weighted by molar-refractivity contribution is 0.728. The molecule has 0 saturated heterocycles. The van der Waals surface area contributed by atoms with E-state index in [2.05, 4.69) is 9.97 Å². The van der Waals surface area contributed by atoms with Crippen LogP contribution in [0.1, 0.15) is 16.3 Å². The van der Waals surface area contributed by atoms with Gasteiger partial charge in [0.15, 0.2) is 4.96 Å². The molecule has 0 aromatic carbocycles. The average Bonchev–Trinajstić information content (AvgIpc) is 3.36. The van der Waals surface area contributed by atoms with E-state index >= 15 is 0 Å². The highest BCUT2D eigenvalue weighted by Gasteiger charge is 2.15. The monoisotopic (exact) mass is 426 g/mol. The van der Waals surface area contributed by atoms with Gasteiger partial charge in [0.05, 0.1) is 24.0 Å². The molecule has 5 heterocycles. The molecule has 140 valence electrons. The molecule has 6 nitrogen and oxygen atoms in total. The van der Waals surface area contributed by atoms with Crippen LogP contribution in [-0.2, 0) is 6.54 Å². The van der Waals surface area contributed by atoms with Crippen LogP contribution >= 0.6 is 34.0 Å². The Morgan fingerprint density at radius 3 is 2.75 bits per heavy atom. The van der Waals surface area contributed by atoms with Crippen LogP contribution in [0, 0.1) is 13.8 Å². The fourth-order valence-corrected chi connectivity index (χ4v) is 5.95. The molecule has 0 bridgehead atoms. The molecule has 9 heteroatoms. The maximum Gasteiger partial charge on any atom is 0.263 e. The Balaban J connectivity index is 1.63. The Labute approximate surface area is 171 Å². The van der Waals surface area contributed by atoms with E-state index in [-0.39, 0.29) is 17.7 Å². The normalized spacial score (nSPS) is 11.6. The second-order valence-electron chi connectivity index (χ2n) is 6.50. The van der Waals surface area contributed by atoms with Gasteiger partial charge in [-0.2, -0.15) is 0 Å². The largest absolute Gasteiger partial charge is 0.293 e. The van der Waals surface area contributed by atoms with E-state index in [4.69, 9.17) is 0 Å². The molecule has 0 saturated carbocycles. The predicted molar refractivity (Wildman–Crippen MR) is 115 cm³/mol. The SMILES string of the molecule is Cc1ccc(-c2csc3ncn(Cc4cc(=O)n5c(C)csc5n4)c(=O)c23)s1. The van der Waals surface area contributed by atoms with Crippen LogP contribution in [0.15, 0.2) is 44.9 Å². The van der Waals surface area contributed by atoms with Crippen molar-refractivity contribution in [2.45, 2.75) is 20.4 Å². The molecule has 0 amide bonds. The van der Waals surface area contributed by atoms with E-state index in [9.17, 15) is 9.59 Å². The molecule has 0 radical (unpaired) electrons. The van der Waals surface area contributed by atoms with Crippen molar-refractivity contribution >= 4 is 49.2 Å². The van der Waals surface area contributed by atoms with E-state index in [1.807, 2.05) is 36.7 Å². The van der Waals surface area contributed by atoms with Crippen molar-refractivity contribution in [2.24, 2.45) is 0 Å².